The van der Waals surface area contributed by atoms with Crippen LogP contribution in [0.4, 0.5) is 4.79 Å². The fourth-order valence-electron chi connectivity index (χ4n) is 2.46. The number of fused-ring (bicyclic) bond motifs is 1. The summed E-state index contributed by atoms with van der Waals surface area (Å²) in [4.78, 5) is 27.5. The number of carbonyl (C=O) groups is 2. The first-order valence-corrected chi connectivity index (χ1v) is 7.68. The number of hydrogen-bond donors (Lipinski definition) is 2. The molecule has 0 saturated carbocycles. The number of ether oxygens (including phenoxy) is 2. The molecule has 1 aliphatic rings. The Balaban J connectivity index is 2.19. The second kappa shape index (κ2) is 7.98. The molecule has 0 aliphatic carbocycles. The second-order valence-electron chi connectivity index (χ2n) is 5.75. The smallest absolute Gasteiger partial charge is 0.320 e. The average molecular weight is 337 g/mol. The van der Waals surface area contributed by atoms with Gasteiger partial charge in [-0.3, -0.25) is 10.0 Å². The van der Waals surface area contributed by atoms with Crippen LogP contribution in [-0.4, -0.2) is 66.9 Å². The van der Waals surface area contributed by atoms with E-state index in [0.29, 0.717) is 37.6 Å². The quantitative estimate of drug-likeness (QED) is 0.634. The molecule has 8 nitrogen and oxygen atoms in total. The lowest BCUT2D eigenvalue weighted by molar-refractivity contribution is 0.0706. The first kappa shape index (κ1) is 18.0. The largest absolute Gasteiger partial charge is 0.491 e. The van der Waals surface area contributed by atoms with Gasteiger partial charge >= 0.3 is 6.03 Å². The molecule has 132 valence electrons. The highest BCUT2D eigenvalue weighted by Crippen LogP contribution is 2.27. The van der Waals surface area contributed by atoms with Gasteiger partial charge < -0.3 is 19.3 Å². The highest BCUT2D eigenvalue weighted by atomic mass is 16.5. The number of methoxy groups -OCH3 is 1. The van der Waals surface area contributed by atoms with E-state index in [0.717, 1.165) is 5.56 Å². The van der Waals surface area contributed by atoms with Gasteiger partial charge in [-0.05, 0) is 19.1 Å². The van der Waals surface area contributed by atoms with Crippen LogP contribution in [0.1, 0.15) is 22.8 Å². The first-order chi connectivity index (χ1) is 11.5. The molecule has 1 aromatic rings. The number of hydrogen-bond acceptors (Lipinski definition) is 5. The standard InChI is InChI=1S/C16H23N3O5/c1-11-10-24-14-8-12(15(20)17-22)4-5-13(14)9-19(11)16(21)18(2)6-7-23-3/h4-5,8,11,22H,6-7,9-10H2,1-3H3,(H,17,20). The average Bonchev–Trinajstić information content (AvgIpc) is 2.76. The maximum atomic E-state index is 12.6. The van der Waals surface area contributed by atoms with Crippen LogP contribution in [-0.2, 0) is 11.3 Å². The van der Waals surface area contributed by atoms with E-state index in [1.54, 1.807) is 47.6 Å². The van der Waals surface area contributed by atoms with Crippen LogP contribution in [0.5, 0.6) is 5.75 Å². The van der Waals surface area contributed by atoms with Gasteiger partial charge in [-0.2, -0.15) is 0 Å². The molecular formula is C16H23N3O5. The summed E-state index contributed by atoms with van der Waals surface area (Å²) in [6.07, 6.45) is 0. The van der Waals surface area contributed by atoms with E-state index >= 15 is 0 Å². The molecule has 8 heteroatoms. The molecule has 1 unspecified atom stereocenters. The van der Waals surface area contributed by atoms with Crippen LogP contribution in [0.15, 0.2) is 18.2 Å². The summed E-state index contributed by atoms with van der Waals surface area (Å²) < 4.78 is 10.7. The Morgan fingerprint density at radius 1 is 1.50 bits per heavy atom. The van der Waals surface area contributed by atoms with Crippen molar-refractivity contribution in [3.8, 4) is 5.75 Å². The second-order valence-corrected chi connectivity index (χ2v) is 5.75. The van der Waals surface area contributed by atoms with Crippen LogP contribution in [0.25, 0.3) is 0 Å². The van der Waals surface area contributed by atoms with Crippen molar-refractivity contribution >= 4 is 11.9 Å². The summed E-state index contributed by atoms with van der Waals surface area (Å²) in [5, 5.41) is 8.73. The van der Waals surface area contributed by atoms with Gasteiger partial charge in [0.25, 0.3) is 5.91 Å². The number of likely N-dealkylation sites (N-methyl/N-ethyl adjacent to an activating group) is 1. The topological polar surface area (TPSA) is 91.3 Å². The molecule has 1 atom stereocenters. The number of hydroxylamine groups is 1. The molecular weight excluding hydrogens is 314 g/mol. The third kappa shape index (κ3) is 3.95. The zero-order chi connectivity index (χ0) is 17.7. The number of rotatable bonds is 4. The van der Waals surface area contributed by atoms with Crippen LogP contribution in [0, 0.1) is 0 Å². The van der Waals surface area contributed by atoms with Crippen molar-refractivity contribution in [3.63, 3.8) is 0 Å². The first-order valence-electron chi connectivity index (χ1n) is 7.68. The Morgan fingerprint density at radius 2 is 2.25 bits per heavy atom. The van der Waals surface area contributed by atoms with E-state index in [2.05, 4.69) is 0 Å². The van der Waals surface area contributed by atoms with E-state index in [4.69, 9.17) is 14.7 Å². The molecule has 0 bridgehead atoms. The van der Waals surface area contributed by atoms with Crippen molar-refractivity contribution in [1.82, 2.24) is 15.3 Å². The summed E-state index contributed by atoms with van der Waals surface area (Å²) in [6, 6.07) is 4.66. The predicted molar refractivity (Wildman–Crippen MR) is 86.1 cm³/mol. The van der Waals surface area contributed by atoms with Crippen LogP contribution < -0.4 is 10.2 Å². The van der Waals surface area contributed by atoms with E-state index in [9.17, 15) is 9.59 Å². The normalized spacial score (nSPS) is 16.7. The molecule has 3 amide bonds. The van der Waals surface area contributed by atoms with Gasteiger partial charge in [0.1, 0.15) is 12.4 Å². The molecule has 0 saturated heterocycles. The Labute approximate surface area is 140 Å². The number of amides is 3. The van der Waals surface area contributed by atoms with Crippen molar-refractivity contribution in [2.45, 2.75) is 19.5 Å². The Morgan fingerprint density at radius 3 is 2.92 bits per heavy atom. The molecule has 2 rings (SSSR count). The van der Waals surface area contributed by atoms with Crippen LogP contribution in [0.2, 0.25) is 0 Å². The zero-order valence-electron chi connectivity index (χ0n) is 14.1. The minimum absolute atomic E-state index is 0.104. The minimum atomic E-state index is -0.606. The van der Waals surface area contributed by atoms with Crippen molar-refractivity contribution in [3.05, 3.63) is 29.3 Å². The van der Waals surface area contributed by atoms with Crippen molar-refractivity contribution < 1.29 is 24.3 Å². The molecule has 1 aliphatic heterocycles. The van der Waals surface area contributed by atoms with Crippen LogP contribution in [0.3, 0.4) is 0 Å². The highest BCUT2D eigenvalue weighted by molar-refractivity contribution is 5.93. The van der Waals surface area contributed by atoms with Crippen molar-refractivity contribution in [2.75, 3.05) is 33.9 Å². The maximum absolute atomic E-state index is 12.6. The lowest BCUT2D eigenvalue weighted by Gasteiger charge is -2.30. The Bertz CT molecular complexity index is 607. The molecule has 24 heavy (non-hydrogen) atoms. The minimum Gasteiger partial charge on any atom is -0.491 e. The van der Waals surface area contributed by atoms with Gasteiger partial charge in [0.15, 0.2) is 0 Å². The summed E-state index contributed by atoms with van der Waals surface area (Å²) in [5.41, 5.74) is 2.70. The molecule has 2 N–H and O–H groups in total. The lowest BCUT2D eigenvalue weighted by atomic mass is 10.1. The molecule has 1 aromatic carbocycles. The highest BCUT2D eigenvalue weighted by Gasteiger charge is 2.28. The fraction of sp³-hybridized carbons (Fsp3) is 0.500. The zero-order valence-corrected chi connectivity index (χ0v) is 14.1. The van der Waals surface area contributed by atoms with Gasteiger partial charge in [0.05, 0.1) is 19.2 Å². The third-order valence-corrected chi connectivity index (χ3v) is 3.99. The van der Waals surface area contributed by atoms with Crippen molar-refractivity contribution in [1.29, 1.82) is 0 Å². The number of nitrogens with one attached hydrogen (secondary N) is 1. The van der Waals surface area contributed by atoms with Gasteiger partial charge in [0, 0.05) is 31.8 Å². The monoisotopic (exact) mass is 337 g/mol. The van der Waals surface area contributed by atoms with E-state index < -0.39 is 5.91 Å². The molecule has 1 heterocycles. The lowest BCUT2D eigenvalue weighted by Crippen LogP contribution is -2.47. The number of nitrogens with zero attached hydrogens (tertiary/aromatic N) is 2. The predicted octanol–water partition coefficient (Wildman–Crippen LogP) is 1.09. The number of urea groups is 1. The van der Waals surface area contributed by atoms with E-state index in [1.807, 2.05) is 6.92 Å². The summed E-state index contributed by atoms with van der Waals surface area (Å²) >= 11 is 0. The van der Waals surface area contributed by atoms with Crippen molar-refractivity contribution in [2.24, 2.45) is 0 Å². The summed E-state index contributed by atoms with van der Waals surface area (Å²) in [7, 11) is 3.33. The molecule has 0 spiro atoms. The van der Waals surface area contributed by atoms with Gasteiger partial charge in [-0.25, -0.2) is 10.3 Å². The summed E-state index contributed by atoms with van der Waals surface area (Å²) in [6.45, 7) is 3.59. The number of carbonyl (C=O) groups excluding carboxylic acids is 2. The third-order valence-electron chi connectivity index (χ3n) is 3.99. The van der Waals surface area contributed by atoms with Gasteiger partial charge in [-0.15, -0.1) is 0 Å². The molecule has 0 radical (unpaired) electrons. The van der Waals surface area contributed by atoms with Gasteiger partial charge in [-0.1, -0.05) is 6.07 Å². The SMILES string of the molecule is COCCN(C)C(=O)N1Cc2ccc(C(=O)NO)cc2OCC1C. The number of benzene rings is 1. The summed E-state index contributed by atoms with van der Waals surface area (Å²) in [5.74, 6) is -0.0660. The Hall–Kier alpha value is -2.32. The van der Waals surface area contributed by atoms with Crippen LogP contribution >= 0.6 is 0 Å². The molecule has 0 fully saturated rings. The van der Waals surface area contributed by atoms with E-state index in [1.165, 1.54) is 0 Å². The molecule has 0 aromatic heterocycles. The fourth-order valence-corrected chi connectivity index (χ4v) is 2.46. The maximum Gasteiger partial charge on any atom is 0.320 e. The van der Waals surface area contributed by atoms with Gasteiger partial charge in [0.2, 0.25) is 0 Å². The Kier molecular flexibility index (Phi) is 5.99. The van der Waals surface area contributed by atoms with E-state index in [-0.39, 0.29) is 12.1 Å².